The Morgan fingerprint density at radius 1 is 1.67 bits per heavy atom. The second-order valence-corrected chi connectivity index (χ2v) is 4.21. The molecular formula is C12H17N3O3. The fraction of sp³-hybridized carbons (Fsp3) is 0.500. The van der Waals surface area contributed by atoms with Crippen molar-refractivity contribution in [3.05, 3.63) is 17.8 Å². The van der Waals surface area contributed by atoms with E-state index >= 15 is 0 Å². The highest BCUT2D eigenvalue weighted by Crippen LogP contribution is 2.25. The predicted octanol–water partition coefficient (Wildman–Crippen LogP) is 0.676. The molecule has 1 atom stereocenters. The first-order valence-electron chi connectivity index (χ1n) is 5.83. The molecule has 1 aromatic rings. The van der Waals surface area contributed by atoms with Crippen molar-refractivity contribution in [3.8, 4) is 0 Å². The summed E-state index contributed by atoms with van der Waals surface area (Å²) in [4.78, 5) is 17.8. The van der Waals surface area contributed by atoms with Crippen molar-refractivity contribution in [2.24, 2.45) is 0 Å². The molecule has 0 aromatic carbocycles. The van der Waals surface area contributed by atoms with Gasteiger partial charge in [-0.1, -0.05) is 0 Å². The minimum absolute atomic E-state index is 0.127. The predicted molar refractivity (Wildman–Crippen MR) is 67.6 cm³/mol. The molecule has 1 aromatic heterocycles. The summed E-state index contributed by atoms with van der Waals surface area (Å²) in [6.45, 7) is 4.05. The van der Waals surface area contributed by atoms with Crippen LogP contribution >= 0.6 is 0 Å². The van der Waals surface area contributed by atoms with Gasteiger partial charge >= 0.3 is 5.97 Å². The lowest BCUT2D eigenvalue weighted by Gasteiger charge is -2.32. The summed E-state index contributed by atoms with van der Waals surface area (Å²) in [5.74, 6) is 0.172. The van der Waals surface area contributed by atoms with Crippen molar-refractivity contribution < 1.29 is 14.3 Å². The topological polar surface area (TPSA) is 77.7 Å². The maximum Gasteiger partial charge on any atom is 0.340 e. The second-order valence-electron chi connectivity index (χ2n) is 4.21. The van der Waals surface area contributed by atoms with E-state index in [4.69, 9.17) is 15.2 Å². The van der Waals surface area contributed by atoms with Crippen molar-refractivity contribution >= 4 is 17.5 Å². The third-order valence-corrected chi connectivity index (χ3v) is 2.92. The van der Waals surface area contributed by atoms with E-state index in [-0.39, 0.29) is 6.10 Å². The van der Waals surface area contributed by atoms with Gasteiger partial charge in [-0.05, 0) is 13.0 Å². The number of nitrogen functional groups attached to an aromatic ring is 1. The maximum atomic E-state index is 11.6. The number of hydrogen-bond donors (Lipinski definition) is 1. The van der Waals surface area contributed by atoms with Gasteiger partial charge in [0.05, 0.1) is 31.1 Å². The van der Waals surface area contributed by atoms with Crippen LogP contribution in [0, 0.1) is 0 Å². The van der Waals surface area contributed by atoms with E-state index in [1.807, 2.05) is 11.8 Å². The van der Waals surface area contributed by atoms with Crippen LogP contribution in [0.15, 0.2) is 12.3 Å². The molecule has 2 heterocycles. The fourth-order valence-electron chi connectivity index (χ4n) is 2.01. The van der Waals surface area contributed by atoms with E-state index in [0.29, 0.717) is 36.8 Å². The van der Waals surface area contributed by atoms with Gasteiger partial charge in [0.2, 0.25) is 0 Å². The van der Waals surface area contributed by atoms with Crippen LogP contribution in [0.5, 0.6) is 0 Å². The summed E-state index contributed by atoms with van der Waals surface area (Å²) < 4.78 is 10.2. The molecular weight excluding hydrogens is 234 g/mol. The molecule has 2 N–H and O–H groups in total. The monoisotopic (exact) mass is 251 g/mol. The number of carbonyl (C=O) groups is 1. The molecule has 1 aliphatic heterocycles. The first kappa shape index (κ1) is 12.6. The highest BCUT2D eigenvalue weighted by atomic mass is 16.5. The number of aromatic nitrogens is 1. The lowest BCUT2D eigenvalue weighted by Crippen LogP contribution is -2.42. The number of anilines is 2. The average Bonchev–Trinajstić information content (AvgIpc) is 2.38. The summed E-state index contributed by atoms with van der Waals surface area (Å²) in [5.41, 5.74) is 6.70. The smallest absolute Gasteiger partial charge is 0.340 e. The van der Waals surface area contributed by atoms with E-state index in [0.717, 1.165) is 0 Å². The molecule has 0 amide bonds. The molecule has 6 nitrogen and oxygen atoms in total. The van der Waals surface area contributed by atoms with Gasteiger partial charge in [-0.2, -0.15) is 0 Å². The normalized spacial score (nSPS) is 19.7. The zero-order chi connectivity index (χ0) is 13.1. The van der Waals surface area contributed by atoms with Crippen LogP contribution in [-0.2, 0) is 9.47 Å². The van der Waals surface area contributed by atoms with Gasteiger partial charge < -0.3 is 20.1 Å². The van der Waals surface area contributed by atoms with Gasteiger partial charge in [0.1, 0.15) is 0 Å². The number of hydrogen-bond acceptors (Lipinski definition) is 6. The minimum atomic E-state index is -0.447. The highest BCUT2D eigenvalue weighted by Gasteiger charge is 2.22. The van der Waals surface area contributed by atoms with Crippen LogP contribution in [0.2, 0.25) is 0 Å². The average molecular weight is 251 g/mol. The van der Waals surface area contributed by atoms with E-state index in [1.54, 1.807) is 12.3 Å². The molecule has 1 fully saturated rings. The molecule has 1 saturated heterocycles. The molecule has 6 heteroatoms. The summed E-state index contributed by atoms with van der Waals surface area (Å²) >= 11 is 0. The van der Waals surface area contributed by atoms with Gasteiger partial charge in [-0.3, -0.25) is 0 Å². The Balaban J connectivity index is 2.30. The fourth-order valence-corrected chi connectivity index (χ4v) is 2.01. The number of methoxy groups -OCH3 is 1. The van der Waals surface area contributed by atoms with Crippen molar-refractivity contribution in [1.82, 2.24) is 4.98 Å². The molecule has 1 aliphatic rings. The first-order valence-corrected chi connectivity index (χ1v) is 5.83. The van der Waals surface area contributed by atoms with E-state index in [2.05, 4.69) is 4.98 Å². The zero-order valence-electron chi connectivity index (χ0n) is 10.5. The Hall–Kier alpha value is -1.82. The van der Waals surface area contributed by atoms with Crippen LogP contribution in [-0.4, -0.2) is 43.9 Å². The van der Waals surface area contributed by atoms with Crippen LogP contribution in [0.25, 0.3) is 0 Å². The summed E-state index contributed by atoms with van der Waals surface area (Å²) in [6, 6.07) is 1.56. The Kier molecular flexibility index (Phi) is 3.66. The van der Waals surface area contributed by atoms with Gasteiger partial charge in [-0.25, -0.2) is 9.78 Å². The first-order chi connectivity index (χ1) is 8.63. The van der Waals surface area contributed by atoms with Crippen LogP contribution in [0.1, 0.15) is 17.3 Å². The molecule has 0 spiro atoms. The third-order valence-electron chi connectivity index (χ3n) is 2.92. The van der Waals surface area contributed by atoms with Crippen molar-refractivity contribution in [2.75, 3.05) is 37.4 Å². The molecule has 0 bridgehead atoms. The molecule has 1 unspecified atom stereocenters. The Morgan fingerprint density at radius 2 is 2.44 bits per heavy atom. The van der Waals surface area contributed by atoms with Crippen molar-refractivity contribution in [1.29, 1.82) is 0 Å². The number of carbonyl (C=O) groups excluding carboxylic acids is 1. The number of pyridine rings is 1. The van der Waals surface area contributed by atoms with E-state index in [1.165, 1.54) is 7.11 Å². The quantitative estimate of drug-likeness (QED) is 0.779. The molecule has 0 radical (unpaired) electrons. The number of rotatable bonds is 2. The van der Waals surface area contributed by atoms with Crippen LogP contribution in [0.3, 0.4) is 0 Å². The minimum Gasteiger partial charge on any atom is -0.465 e. The van der Waals surface area contributed by atoms with Crippen molar-refractivity contribution in [3.63, 3.8) is 0 Å². The standard InChI is InChI=1S/C12H17N3O3/c1-8-7-15(5-6-18-8)11-10(13)9(3-4-14-11)12(16)17-2/h3-4,8H,5-7,13H2,1-2H3. The van der Waals surface area contributed by atoms with E-state index < -0.39 is 5.97 Å². The summed E-state index contributed by atoms with van der Waals surface area (Å²) in [5, 5.41) is 0. The Morgan fingerprint density at radius 3 is 3.11 bits per heavy atom. The number of esters is 1. The summed E-state index contributed by atoms with van der Waals surface area (Å²) in [6.07, 6.45) is 1.69. The molecule has 0 saturated carbocycles. The third kappa shape index (κ3) is 2.38. The number of nitrogens with two attached hydrogens (primary N) is 1. The van der Waals surface area contributed by atoms with Crippen molar-refractivity contribution in [2.45, 2.75) is 13.0 Å². The second kappa shape index (κ2) is 5.22. The van der Waals surface area contributed by atoms with Gasteiger partial charge in [0.15, 0.2) is 5.82 Å². The maximum absolute atomic E-state index is 11.6. The van der Waals surface area contributed by atoms with Gasteiger partial charge in [-0.15, -0.1) is 0 Å². The highest BCUT2D eigenvalue weighted by molar-refractivity contribution is 5.97. The Labute approximate surface area is 106 Å². The number of ether oxygens (including phenoxy) is 2. The lowest BCUT2D eigenvalue weighted by atomic mass is 10.2. The Bertz CT molecular complexity index is 450. The largest absolute Gasteiger partial charge is 0.465 e. The zero-order valence-corrected chi connectivity index (χ0v) is 10.5. The SMILES string of the molecule is COC(=O)c1ccnc(N2CCOC(C)C2)c1N. The number of nitrogens with zero attached hydrogens (tertiary/aromatic N) is 2. The van der Waals surface area contributed by atoms with E-state index in [9.17, 15) is 4.79 Å². The molecule has 98 valence electrons. The van der Waals surface area contributed by atoms with Gasteiger partial charge in [0, 0.05) is 19.3 Å². The summed E-state index contributed by atoms with van der Waals surface area (Å²) in [7, 11) is 1.33. The number of morpholine rings is 1. The lowest BCUT2D eigenvalue weighted by molar-refractivity contribution is 0.0530. The molecule has 2 rings (SSSR count). The molecule has 0 aliphatic carbocycles. The van der Waals surface area contributed by atoms with Gasteiger partial charge in [0.25, 0.3) is 0 Å². The van der Waals surface area contributed by atoms with Crippen LogP contribution < -0.4 is 10.6 Å². The van der Waals surface area contributed by atoms with Crippen LogP contribution in [0.4, 0.5) is 11.5 Å². The molecule has 18 heavy (non-hydrogen) atoms.